The summed E-state index contributed by atoms with van der Waals surface area (Å²) < 4.78 is 6.05. The number of nitrogen functional groups attached to an aromatic ring is 1. The Labute approximate surface area is 165 Å². The quantitative estimate of drug-likeness (QED) is 0.373. The van der Waals surface area contributed by atoms with Gasteiger partial charge in [0.25, 0.3) is 5.91 Å². The molecule has 3 N–H and O–H groups in total. The smallest absolute Gasteiger partial charge is 0.271 e. The van der Waals surface area contributed by atoms with Crippen molar-refractivity contribution >= 4 is 39.9 Å². The van der Waals surface area contributed by atoms with E-state index in [-0.39, 0.29) is 5.91 Å². The second kappa shape index (κ2) is 8.31. The summed E-state index contributed by atoms with van der Waals surface area (Å²) >= 11 is 2.80. The molecule has 2 heterocycles. The van der Waals surface area contributed by atoms with E-state index in [4.69, 9.17) is 5.73 Å². The molecular formula is C17H19N7OS2. The van der Waals surface area contributed by atoms with Gasteiger partial charge in [-0.2, -0.15) is 9.47 Å². The Morgan fingerprint density at radius 3 is 2.70 bits per heavy atom. The number of aryl methyl sites for hydroxylation is 2. The zero-order valence-electron chi connectivity index (χ0n) is 15.1. The maximum Gasteiger partial charge on any atom is 0.271 e. The van der Waals surface area contributed by atoms with Crippen molar-refractivity contribution in [2.24, 2.45) is 12.1 Å². The van der Waals surface area contributed by atoms with E-state index in [1.54, 1.807) is 37.1 Å². The van der Waals surface area contributed by atoms with E-state index in [0.29, 0.717) is 16.3 Å². The minimum Gasteiger partial charge on any atom is -0.389 e. The highest BCUT2D eigenvalue weighted by Crippen LogP contribution is 2.22. The molecule has 0 unspecified atom stereocenters. The largest absolute Gasteiger partial charge is 0.389 e. The van der Waals surface area contributed by atoms with Gasteiger partial charge in [-0.25, -0.2) is 5.43 Å². The third-order valence-corrected chi connectivity index (χ3v) is 5.70. The first-order valence-electron chi connectivity index (χ1n) is 8.08. The van der Waals surface area contributed by atoms with Gasteiger partial charge in [0.1, 0.15) is 11.3 Å². The SMILES string of the molecule is C/C(=N/NC(=O)c1ccc(CSc2nncn2C)cc1)c1c(C)nsc1N. The van der Waals surface area contributed by atoms with Gasteiger partial charge >= 0.3 is 0 Å². The minimum absolute atomic E-state index is 0.277. The number of aromatic nitrogens is 4. The molecule has 0 atom stereocenters. The molecule has 3 rings (SSSR count). The molecule has 0 spiro atoms. The number of carbonyl (C=O) groups excluding carboxylic acids is 1. The van der Waals surface area contributed by atoms with Crippen molar-refractivity contribution in [2.75, 3.05) is 5.73 Å². The van der Waals surface area contributed by atoms with Gasteiger partial charge in [-0.3, -0.25) is 4.79 Å². The van der Waals surface area contributed by atoms with Crippen molar-refractivity contribution in [3.63, 3.8) is 0 Å². The van der Waals surface area contributed by atoms with Crippen molar-refractivity contribution in [1.29, 1.82) is 0 Å². The molecule has 0 aliphatic heterocycles. The lowest BCUT2D eigenvalue weighted by molar-refractivity contribution is 0.0955. The number of benzene rings is 1. The lowest BCUT2D eigenvalue weighted by Crippen LogP contribution is -2.19. The molecule has 140 valence electrons. The van der Waals surface area contributed by atoms with Crippen LogP contribution >= 0.6 is 23.3 Å². The van der Waals surface area contributed by atoms with E-state index in [2.05, 4.69) is 25.1 Å². The number of anilines is 1. The monoisotopic (exact) mass is 401 g/mol. The average Bonchev–Trinajstić information content (AvgIpc) is 3.23. The molecule has 2 aromatic heterocycles. The normalized spacial score (nSPS) is 11.6. The van der Waals surface area contributed by atoms with E-state index in [1.807, 2.05) is 30.7 Å². The maximum atomic E-state index is 12.3. The number of hydrogen-bond acceptors (Lipinski definition) is 8. The third kappa shape index (κ3) is 4.52. The van der Waals surface area contributed by atoms with E-state index >= 15 is 0 Å². The summed E-state index contributed by atoms with van der Waals surface area (Å²) in [5.74, 6) is 0.469. The van der Waals surface area contributed by atoms with Gasteiger partial charge < -0.3 is 10.3 Å². The first-order valence-corrected chi connectivity index (χ1v) is 9.84. The van der Waals surface area contributed by atoms with E-state index < -0.39 is 0 Å². The second-order valence-electron chi connectivity index (χ2n) is 5.86. The fourth-order valence-corrected chi connectivity index (χ4v) is 3.94. The summed E-state index contributed by atoms with van der Waals surface area (Å²) in [7, 11) is 1.90. The number of nitrogens with one attached hydrogen (secondary N) is 1. The Balaban J connectivity index is 1.60. The van der Waals surface area contributed by atoms with Crippen LogP contribution in [-0.4, -0.2) is 30.8 Å². The third-order valence-electron chi connectivity index (χ3n) is 3.83. The minimum atomic E-state index is -0.277. The Kier molecular flexibility index (Phi) is 5.87. The number of amides is 1. The van der Waals surface area contributed by atoms with Crippen molar-refractivity contribution in [3.8, 4) is 0 Å². The van der Waals surface area contributed by atoms with Gasteiger partial charge in [0, 0.05) is 18.4 Å². The summed E-state index contributed by atoms with van der Waals surface area (Å²) in [6.07, 6.45) is 1.67. The molecule has 0 aliphatic rings. The molecule has 3 aromatic rings. The highest BCUT2D eigenvalue weighted by molar-refractivity contribution is 7.98. The lowest BCUT2D eigenvalue weighted by Gasteiger charge is -2.05. The first kappa shape index (κ1) is 19.1. The highest BCUT2D eigenvalue weighted by atomic mass is 32.2. The van der Waals surface area contributed by atoms with E-state index in [0.717, 1.165) is 27.7 Å². The van der Waals surface area contributed by atoms with E-state index in [9.17, 15) is 4.79 Å². The molecule has 10 heteroatoms. The Bertz CT molecular complexity index is 956. The summed E-state index contributed by atoms with van der Waals surface area (Å²) in [5, 5.41) is 13.5. The van der Waals surface area contributed by atoms with Crippen LogP contribution in [0.25, 0.3) is 0 Å². The van der Waals surface area contributed by atoms with Crippen LogP contribution in [0.4, 0.5) is 5.00 Å². The van der Waals surface area contributed by atoms with Crippen molar-refractivity contribution in [1.82, 2.24) is 24.6 Å². The van der Waals surface area contributed by atoms with Gasteiger partial charge in [0.15, 0.2) is 5.16 Å². The number of thioether (sulfide) groups is 1. The zero-order chi connectivity index (χ0) is 19.4. The molecular weight excluding hydrogens is 382 g/mol. The molecule has 0 radical (unpaired) electrons. The Morgan fingerprint density at radius 1 is 1.37 bits per heavy atom. The van der Waals surface area contributed by atoms with Gasteiger partial charge in [-0.05, 0) is 43.1 Å². The fourth-order valence-electron chi connectivity index (χ4n) is 2.39. The predicted octanol–water partition coefficient (Wildman–Crippen LogP) is 2.61. The second-order valence-corrected chi connectivity index (χ2v) is 7.60. The molecule has 1 amide bonds. The van der Waals surface area contributed by atoms with Crippen molar-refractivity contribution < 1.29 is 4.79 Å². The summed E-state index contributed by atoms with van der Waals surface area (Å²) in [6, 6.07) is 7.39. The van der Waals surface area contributed by atoms with Crippen LogP contribution in [0.15, 0.2) is 40.9 Å². The molecule has 0 fully saturated rings. The molecule has 1 aromatic carbocycles. The predicted molar refractivity (Wildman–Crippen MR) is 108 cm³/mol. The molecule has 8 nitrogen and oxygen atoms in total. The van der Waals surface area contributed by atoms with E-state index in [1.165, 1.54) is 11.5 Å². The number of rotatable bonds is 6. The number of carbonyl (C=O) groups is 1. The van der Waals surface area contributed by atoms with Crippen LogP contribution in [0.1, 0.15) is 34.1 Å². The lowest BCUT2D eigenvalue weighted by atomic mass is 10.1. The topological polar surface area (TPSA) is 111 Å². The van der Waals surface area contributed by atoms with Gasteiger partial charge in [0.05, 0.1) is 17.0 Å². The van der Waals surface area contributed by atoms with Crippen molar-refractivity contribution in [3.05, 3.63) is 53.0 Å². The summed E-state index contributed by atoms with van der Waals surface area (Å²) in [6.45, 7) is 3.65. The van der Waals surface area contributed by atoms with Gasteiger partial charge in [-0.1, -0.05) is 23.9 Å². The Hall–Kier alpha value is -2.72. The molecule has 0 aliphatic carbocycles. The molecule has 27 heavy (non-hydrogen) atoms. The number of nitrogens with two attached hydrogens (primary N) is 1. The van der Waals surface area contributed by atoms with Crippen molar-refractivity contribution in [2.45, 2.75) is 24.8 Å². The molecule has 0 saturated carbocycles. The number of hydrogen-bond donors (Lipinski definition) is 2. The standard InChI is InChI=1S/C17H19N7OS2/c1-10(14-11(2)23-27-15(14)18)20-21-16(25)13-6-4-12(5-7-13)8-26-17-22-19-9-24(17)3/h4-7,9H,8,18H2,1-3H3,(H,21,25)/b20-10-. The maximum absolute atomic E-state index is 12.3. The van der Waals surface area contributed by atoms with Gasteiger partial charge in [0.2, 0.25) is 0 Å². The highest BCUT2D eigenvalue weighted by Gasteiger charge is 2.12. The van der Waals surface area contributed by atoms with Crippen LogP contribution in [0.5, 0.6) is 0 Å². The fraction of sp³-hybridized carbons (Fsp3) is 0.235. The summed E-state index contributed by atoms with van der Waals surface area (Å²) in [5.41, 5.74) is 12.3. The van der Waals surface area contributed by atoms with Gasteiger partial charge in [-0.15, -0.1) is 10.2 Å². The molecule has 0 bridgehead atoms. The molecule has 0 saturated heterocycles. The zero-order valence-corrected chi connectivity index (χ0v) is 16.8. The number of hydrazone groups is 1. The van der Waals surface area contributed by atoms with Crippen LogP contribution in [0.2, 0.25) is 0 Å². The number of nitrogens with zero attached hydrogens (tertiary/aromatic N) is 5. The van der Waals surface area contributed by atoms with Crippen LogP contribution in [0.3, 0.4) is 0 Å². The van der Waals surface area contributed by atoms with Crippen LogP contribution in [-0.2, 0) is 12.8 Å². The van der Waals surface area contributed by atoms with Crippen LogP contribution in [0, 0.1) is 6.92 Å². The van der Waals surface area contributed by atoms with Crippen LogP contribution < -0.4 is 11.2 Å². The average molecular weight is 402 g/mol. The first-order chi connectivity index (χ1) is 13.0. The Morgan fingerprint density at radius 2 is 2.11 bits per heavy atom. The summed E-state index contributed by atoms with van der Waals surface area (Å²) in [4.78, 5) is 12.3.